The molecule has 1 fully saturated rings. The average molecular weight is 352 g/mol. The number of carbonyl (C=O) groups excluding carboxylic acids is 2. The van der Waals surface area contributed by atoms with Gasteiger partial charge in [-0.15, -0.1) is 0 Å². The van der Waals surface area contributed by atoms with Gasteiger partial charge in [0.25, 0.3) is 0 Å². The van der Waals surface area contributed by atoms with Gasteiger partial charge in [-0.1, -0.05) is 23.4 Å². The van der Waals surface area contributed by atoms with Crippen molar-refractivity contribution in [1.82, 2.24) is 0 Å². The van der Waals surface area contributed by atoms with Crippen LogP contribution in [0.25, 0.3) is 0 Å². The number of rotatable bonds is 3. The van der Waals surface area contributed by atoms with E-state index in [9.17, 15) is 22.8 Å². The molecule has 2 rings (SSSR count). The summed E-state index contributed by atoms with van der Waals surface area (Å²) in [7, 11) is 0. The zero-order valence-corrected chi connectivity index (χ0v) is 13.2. The van der Waals surface area contributed by atoms with Crippen LogP contribution in [0.15, 0.2) is 18.2 Å². The van der Waals surface area contributed by atoms with Crippen molar-refractivity contribution in [2.45, 2.75) is 19.5 Å². The van der Waals surface area contributed by atoms with E-state index >= 15 is 0 Å². The maximum atomic E-state index is 12.9. The molecule has 1 aliphatic heterocycles. The maximum Gasteiger partial charge on any atom is 0.417 e. The molecular formula is C14H13ClF3NO2S. The van der Waals surface area contributed by atoms with Crippen LogP contribution in [0.2, 0.25) is 5.02 Å². The van der Waals surface area contributed by atoms with Gasteiger partial charge < -0.3 is 4.90 Å². The van der Waals surface area contributed by atoms with E-state index in [1.807, 2.05) is 0 Å². The van der Waals surface area contributed by atoms with Crippen LogP contribution in [-0.4, -0.2) is 23.3 Å². The lowest BCUT2D eigenvalue weighted by atomic mass is 10.1. The molecule has 0 saturated carbocycles. The van der Waals surface area contributed by atoms with Crippen molar-refractivity contribution >= 4 is 40.1 Å². The molecule has 1 amide bonds. The van der Waals surface area contributed by atoms with Gasteiger partial charge in [-0.25, -0.2) is 0 Å². The highest BCUT2D eigenvalue weighted by Crippen LogP contribution is 2.38. The lowest BCUT2D eigenvalue weighted by molar-refractivity contribution is -0.137. The smallest absolute Gasteiger partial charge is 0.312 e. The Kier molecular flexibility index (Phi) is 5.07. The number of amides is 1. The highest BCUT2D eigenvalue weighted by atomic mass is 35.5. The zero-order chi connectivity index (χ0) is 16.5. The highest BCUT2D eigenvalue weighted by Gasteiger charge is 2.36. The van der Waals surface area contributed by atoms with Crippen LogP contribution >= 0.6 is 23.4 Å². The highest BCUT2D eigenvalue weighted by molar-refractivity contribution is 8.13. The van der Waals surface area contributed by atoms with E-state index in [1.54, 1.807) is 0 Å². The van der Waals surface area contributed by atoms with Crippen LogP contribution in [0.4, 0.5) is 18.9 Å². The number of thioether (sulfide) groups is 1. The Balaban J connectivity index is 2.18. The quantitative estimate of drug-likeness (QED) is 0.826. The van der Waals surface area contributed by atoms with Crippen molar-refractivity contribution in [2.75, 3.05) is 17.2 Å². The van der Waals surface area contributed by atoms with E-state index in [1.165, 1.54) is 17.9 Å². The fourth-order valence-corrected chi connectivity index (χ4v) is 3.19. The molecule has 1 aliphatic rings. The summed E-state index contributed by atoms with van der Waals surface area (Å²) in [5, 5.41) is -0.441. The molecule has 1 heterocycles. The first kappa shape index (κ1) is 17.1. The summed E-state index contributed by atoms with van der Waals surface area (Å²) in [6, 6.07) is 3.43. The number of alkyl halides is 3. The van der Waals surface area contributed by atoms with Crippen molar-refractivity contribution < 1.29 is 22.8 Å². The standard InChI is InChI=1S/C14H13ClF3NO2S/c1-8(20)22-7-9-4-13(21)19(6-9)10-2-3-12(15)11(5-10)14(16,17)18/h2-3,5,9H,4,6-7H2,1H3. The SMILES string of the molecule is CC(=O)SCC1CC(=O)N(c2ccc(Cl)c(C(F)(F)F)c2)C1. The minimum atomic E-state index is -4.57. The Labute approximate surface area is 134 Å². The molecule has 8 heteroatoms. The Hall–Kier alpha value is -1.21. The molecule has 0 spiro atoms. The van der Waals surface area contributed by atoms with Gasteiger partial charge in [0.2, 0.25) is 5.91 Å². The summed E-state index contributed by atoms with van der Waals surface area (Å²) in [5.74, 6) is 0.188. The van der Waals surface area contributed by atoms with E-state index < -0.39 is 16.8 Å². The number of carbonyl (C=O) groups is 2. The summed E-state index contributed by atoms with van der Waals surface area (Å²) < 4.78 is 38.6. The molecule has 0 aromatic heterocycles. The molecule has 3 nitrogen and oxygen atoms in total. The first-order chi connectivity index (χ1) is 10.2. The number of hydrogen-bond donors (Lipinski definition) is 0. The third-order valence-corrected chi connectivity index (χ3v) is 4.67. The molecule has 1 saturated heterocycles. The van der Waals surface area contributed by atoms with Gasteiger partial charge in [0.15, 0.2) is 5.12 Å². The molecule has 1 aromatic rings. The lowest BCUT2D eigenvalue weighted by Gasteiger charge is -2.19. The molecule has 120 valence electrons. The van der Waals surface area contributed by atoms with Gasteiger partial charge in [-0.05, 0) is 24.1 Å². The average Bonchev–Trinajstić information content (AvgIpc) is 2.77. The minimum absolute atomic E-state index is 0.0447. The molecule has 1 unspecified atom stereocenters. The number of nitrogens with zero attached hydrogens (tertiary/aromatic N) is 1. The summed E-state index contributed by atoms with van der Waals surface area (Å²) in [5.41, 5.74) is -0.780. The lowest BCUT2D eigenvalue weighted by Crippen LogP contribution is -2.25. The first-order valence-electron chi connectivity index (χ1n) is 6.49. The Morgan fingerprint density at radius 2 is 2.14 bits per heavy atom. The summed E-state index contributed by atoms with van der Waals surface area (Å²) >= 11 is 6.69. The van der Waals surface area contributed by atoms with E-state index in [0.29, 0.717) is 12.3 Å². The van der Waals surface area contributed by atoms with Gasteiger partial charge in [0.1, 0.15) is 0 Å². The molecule has 22 heavy (non-hydrogen) atoms. The van der Waals surface area contributed by atoms with Crippen LogP contribution in [0, 0.1) is 5.92 Å². The molecule has 1 atom stereocenters. The third kappa shape index (κ3) is 3.95. The van der Waals surface area contributed by atoms with E-state index in [2.05, 4.69) is 0 Å². The second kappa shape index (κ2) is 6.50. The van der Waals surface area contributed by atoms with E-state index in [0.717, 1.165) is 23.9 Å². The van der Waals surface area contributed by atoms with Crippen LogP contribution in [-0.2, 0) is 15.8 Å². The summed E-state index contributed by atoms with van der Waals surface area (Å²) in [4.78, 5) is 24.3. The third-order valence-electron chi connectivity index (χ3n) is 3.29. The summed E-state index contributed by atoms with van der Waals surface area (Å²) in [6.45, 7) is 1.74. The molecule has 1 aromatic carbocycles. The molecule has 0 radical (unpaired) electrons. The predicted molar refractivity (Wildman–Crippen MR) is 80.1 cm³/mol. The van der Waals surface area contributed by atoms with Crippen LogP contribution in [0.5, 0.6) is 0 Å². The van der Waals surface area contributed by atoms with Crippen molar-refractivity contribution in [3.8, 4) is 0 Å². The Bertz CT molecular complexity index is 606. The first-order valence-corrected chi connectivity index (χ1v) is 7.85. The number of hydrogen-bond acceptors (Lipinski definition) is 3. The van der Waals surface area contributed by atoms with E-state index in [4.69, 9.17) is 11.6 Å². The van der Waals surface area contributed by atoms with Crippen LogP contribution in [0.1, 0.15) is 18.9 Å². The largest absolute Gasteiger partial charge is 0.417 e. The number of anilines is 1. The molecular weight excluding hydrogens is 339 g/mol. The monoisotopic (exact) mass is 351 g/mol. The van der Waals surface area contributed by atoms with Crippen molar-refractivity contribution in [3.63, 3.8) is 0 Å². The second-order valence-corrected chi connectivity index (χ2v) is 6.64. The van der Waals surface area contributed by atoms with Gasteiger partial charge in [-0.3, -0.25) is 9.59 Å². The van der Waals surface area contributed by atoms with Gasteiger partial charge in [0, 0.05) is 31.3 Å². The second-order valence-electron chi connectivity index (χ2n) is 5.04. The van der Waals surface area contributed by atoms with Crippen molar-refractivity contribution in [1.29, 1.82) is 0 Å². The van der Waals surface area contributed by atoms with E-state index in [-0.39, 0.29) is 29.0 Å². The Morgan fingerprint density at radius 3 is 2.73 bits per heavy atom. The topological polar surface area (TPSA) is 37.4 Å². The fourth-order valence-electron chi connectivity index (χ4n) is 2.28. The normalized spacial score (nSPS) is 18.9. The van der Waals surface area contributed by atoms with Gasteiger partial charge >= 0.3 is 6.18 Å². The van der Waals surface area contributed by atoms with Crippen molar-refractivity contribution in [3.05, 3.63) is 28.8 Å². The molecule has 0 bridgehead atoms. The van der Waals surface area contributed by atoms with Gasteiger partial charge in [-0.2, -0.15) is 13.2 Å². The number of halogens is 4. The van der Waals surface area contributed by atoms with Gasteiger partial charge in [0.05, 0.1) is 10.6 Å². The fraction of sp³-hybridized carbons (Fsp3) is 0.429. The van der Waals surface area contributed by atoms with Crippen molar-refractivity contribution in [2.24, 2.45) is 5.92 Å². The maximum absolute atomic E-state index is 12.9. The molecule has 0 aliphatic carbocycles. The minimum Gasteiger partial charge on any atom is -0.312 e. The number of benzene rings is 1. The molecule has 0 N–H and O–H groups in total. The predicted octanol–water partition coefficient (Wildman–Crippen LogP) is 3.99. The van der Waals surface area contributed by atoms with Crippen LogP contribution in [0.3, 0.4) is 0 Å². The Morgan fingerprint density at radius 1 is 1.45 bits per heavy atom. The zero-order valence-electron chi connectivity index (χ0n) is 11.6. The van der Waals surface area contributed by atoms with Crippen LogP contribution < -0.4 is 4.90 Å². The summed E-state index contributed by atoms with van der Waals surface area (Å²) in [6.07, 6.45) is -4.34.